The Morgan fingerprint density at radius 3 is 1.92 bits per heavy atom. The van der Waals surface area contributed by atoms with Crippen molar-refractivity contribution >= 4 is 35.1 Å². The number of benzene rings is 1. The highest BCUT2D eigenvalue weighted by atomic mass is 35.5. The molecule has 0 aliphatic heterocycles. The normalized spacial score (nSPS) is 33.9. The van der Waals surface area contributed by atoms with Crippen molar-refractivity contribution in [1.82, 2.24) is 5.32 Å². The van der Waals surface area contributed by atoms with E-state index in [0.717, 1.165) is 19.3 Å². The molecule has 5 rings (SSSR count). The monoisotopic (exact) mass is 381 g/mol. The molecule has 0 saturated heterocycles. The van der Waals surface area contributed by atoms with Crippen LogP contribution in [0, 0.1) is 23.2 Å². The number of carbonyl (C=O) groups is 2. The Hall–Kier alpha value is -1.26. The van der Waals surface area contributed by atoms with Gasteiger partial charge in [0.2, 0.25) is 0 Å². The summed E-state index contributed by atoms with van der Waals surface area (Å²) in [6.07, 6.45) is 6.40. The van der Waals surface area contributed by atoms with Crippen molar-refractivity contribution in [3.8, 4) is 0 Å². The summed E-state index contributed by atoms with van der Waals surface area (Å²) in [5, 5.41) is 13.4. The SMILES string of the molecule is O=C(N[C@@H](C(=O)O)C12CC3CC(CC(C3)C1)C2)c1cc(Cl)cc(Cl)c1. The Balaban J connectivity index is 1.60. The molecule has 0 heterocycles. The number of aliphatic carboxylic acids is 1. The minimum Gasteiger partial charge on any atom is -0.480 e. The predicted octanol–water partition coefficient (Wildman–Crippen LogP) is 4.39. The van der Waals surface area contributed by atoms with E-state index in [1.54, 1.807) is 6.07 Å². The van der Waals surface area contributed by atoms with E-state index in [9.17, 15) is 14.7 Å². The van der Waals surface area contributed by atoms with Gasteiger partial charge in [0.25, 0.3) is 5.91 Å². The van der Waals surface area contributed by atoms with Crippen LogP contribution < -0.4 is 5.32 Å². The van der Waals surface area contributed by atoms with Gasteiger partial charge in [-0.3, -0.25) is 4.79 Å². The fraction of sp³-hybridized carbons (Fsp3) is 0.579. The molecule has 4 fully saturated rings. The lowest BCUT2D eigenvalue weighted by atomic mass is 9.47. The molecule has 25 heavy (non-hydrogen) atoms. The van der Waals surface area contributed by atoms with E-state index in [1.807, 2.05) is 0 Å². The van der Waals surface area contributed by atoms with Gasteiger partial charge >= 0.3 is 5.97 Å². The lowest BCUT2D eigenvalue weighted by Crippen LogP contribution is -2.59. The molecule has 1 aromatic rings. The fourth-order valence-electron chi connectivity index (χ4n) is 5.91. The first-order chi connectivity index (χ1) is 11.8. The Bertz CT molecular complexity index is 678. The molecule has 4 saturated carbocycles. The van der Waals surface area contributed by atoms with Crippen molar-refractivity contribution in [3.05, 3.63) is 33.8 Å². The summed E-state index contributed by atoms with van der Waals surface area (Å²) in [5.74, 6) is 0.484. The first-order valence-corrected chi connectivity index (χ1v) is 9.60. The highest BCUT2D eigenvalue weighted by Gasteiger charge is 2.56. The number of carboxylic acids is 1. The van der Waals surface area contributed by atoms with Gasteiger partial charge in [-0.15, -0.1) is 0 Å². The number of amides is 1. The molecule has 4 aliphatic rings. The Labute approximate surface area is 156 Å². The van der Waals surface area contributed by atoms with Crippen molar-refractivity contribution < 1.29 is 14.7 Å². The maximum Gasteiger partial charge on any atom is 0.326 e. The standard InChI is InChI=1S/C19H21Cl2NO3/c20-14-4-13(5-15(21)6-14)17(23)22-16(18(24)25)19-7-10-1-11(8-19)3-12(2-10)9-19/h4-6,10-12,16H,1-3,7-9H2,(H,22,23)(H,24,25)/t10?,11?,12?,16-,19?/m0/s1. The van der Waals surface area contributed by atoms with Gasteiger partial charge in [0.05, 0.1) is 0 Å². The summed E-state index contributed by atoms with van der Waals surface area (Å²) >= 11 is 11.9. The number of hydrogen-bond acceptors (Lipinski definition) is 2. The van der Waals surface area contributed by atoms with Crippen LogP contribution in [0.1, 0.15) is 48.9 Å². The molecule has 2 N–H and O–H groups in total. The van der Waals surface area contributed by atoms with Crippen LogP contribution in [0.4, 0.5) is 0 Å². The van der Waals surface area contributed by atoms with Crippen LogP contribution in [0.25, 0.3) is 0 Å². The van der Waals surface area contributed by atoms with Crippen LogP contribution in [0.5, 0.6) is 0 Å². The van der Waals surface area contributed by atoms with Crippen molar-refractivity contribution in [1.29, 1.82) is 0 Å². The van der Waals surface area contributed by atoms with E-state index in [4.69, 9.17) is 23.2 Å². The molecule has 4 aliphatic carbocycles. The third-order valence-electron chi connectivity index (χ3n) is 6.35. The fourth-order valence-corrected chi connectivity index (χ4v) is 6.43. The molecule has 1 amide bonds. The maximum atomic E-state index is 12.7. The van der Waals surface area contributed by atoms with Gasteiger partial charge in [-0.2, -0.15) is 0 Å². The van der Waals surface area contributed by atoms with Crippen molar-refractivity contribution in [2.75, 3.05) is 0 Å². The van der Waals surface area contributed by atoms with Crippen LogP contribution >= 0.6 is 23.2 Å². The third kappa shape index (κ3) is 3.15. The molecule has 0 radical (unpaired) electrons. The Kier molecular flexibility index (Phi) is 4.24. The quantitative estimate of drug-likeness (QED) is 0.812. The number of hydrogen-bond donors (Lipinski definition) is 2. The zero-order valence-electron chi connectivity index (χ0n) is 13.8. The van der Waals surface area contributed by atoms with E-state index >= 15 is 0 Å². The second-order valence-corrected chi connectivity index (χ2v) is 9.06. The van der Waals surface area contributed by atoms with Gasteiger partial charge in [-0.05, 0) is 74.5 Å². The van der Waals surface area contributed by atoms with Gasteiger partial charge in [0.15, 0.2) is 0 Å². The zero-order valence-corrected chi connectivity index (χ0v) is 15.3. The van der Waals surface area contributed by atoms with E-state index < -0.39 is 17.9 Å². The lowest BCUT2D eigenvalue weighted by molar-refractivity contribution is -0.150. The van der Waals surface area contributed by atoms with Gasteiger partial charge in [-0.25, -0.2) is 4.79 Å². The molecule has 0 aromatic heterocycles. The average molecular weight is 382 g/mol. The van der Waals surface area contributed by atoms with E-state index in [1.165, 1.54) is 31.4 Å². The summed E-state index contributed by atoms with van der Waals surface area (Å²) < 4.78 is 0. The van der Waals surface area contributed by atoms with Gasteiger partial charge in [0, 0.05) is 21.0 Å². The van der Waals surface area contributed by atoms with E-state index in [0.29, 0.717) is 33.4 Å². The predicted molar refractivity (Wildman–Crippen MR) is 96.0 cm³/mol. The molecule has 0 unspecified atom stereocenters. The van der Waals surface area contributed by atoms with Crippen LogP contribution in [0.15, 0.2) is 18.2 Å². The molecule has 1 aromatic carbocycles. The van der Waals surface area contributed by atoms with Crippen molar-refractivity contribution in [2.45, 2.75) is 44.6 Å². The van der Waals surface area contributed by atoms with Crippen LogP contribution in [0.3, 0.4) is 0 Å². The molecule has 4 bridgehead atoms. The molecule has 1 atom stereocenters. The van der Waals surface area contributed by atoms with E-state index in [-0.39, 0.29) is 5.41 Å². The topological polar surface area (TPSA) is 66.4 Å². The van der Waals surface area contributed by atoms with Crippen LogP contribution in [-0.4, -0.2) is 23.0 Å². The first-order valence-electron chi connectivity index (χ1n) is 8.84. The Morgan fingerprint density at radius 2 is 1.48 bits per heavy atom. The maximum absolute atomic E-state index is 12.7. The van der Waals surface area contributed by atoms with Crippen LogP contribution in [0.2, 0.25) is 10.0 Å². The Morgan fingerprint density at radius 1 is 1.00 bits per heavy atom. The second kappa shape index (κ2) is 6.17. The molecule has 6 heteroatoms. The summed E-state index contributed by atoms with van der Waals surface area (Å²) in [6.45, 7) is 0. The second-order valence-electron chi connectivity index (χ2n) is 8.18. The smallest absolute Gasteiger partial charge is 0.326 e. The average Bonchev–Trinajstić information content (AvgIpc) is 2.49. The van der Waals surface area contributed by atoms with Gasteiger partial charge in [0.1, 0.15) is 6.04 Å². The third-order valence-corrected chi connectivity index (χ3v) is 6.78. The first kappa shape index (κ1) is 17.2. The highest BCUT2D eigenvalue weighted by molar-refractivity contribution is 6.35. The van der Waals surface area contributed by atoms with Crippen molar-refractivity contribution in [2.24, 2.45) is 23.2 Å². The highest BCUT2D eigenvalue weighted by Crippen LogP contribution is 2.61. The van der Waals surface area contributed by atoms with Crippen LogP contribution in [-0.2, 0) is 4.79 Å². The van der Waals surface area contributed by atoms with E-state index in [2.05, 4.69) is 5.32 Å². The number of halogens is 2. The van der Waals surface area contributed by atoms with Gasteiger partial charge < -0.3 is 10.4 Å². The summed E-state index contributed by atoms with van der Waals surface area (Å²) in [6, 6.07) is 3.72. The van der Waals surface area contributed by atoms with Crippen molar-refractivity contribution in [3.63, 3.8) is 0 Å². The minimum absolute atomic E-state index is 0.300. The zero-order chi connectivity index (χ0) is 17.8. The molecule has 134 valence electrons. The molecular formula is C19H21Cl2NO3. The molecule has 0 spiro atoms. The number of carboxylic acid groups (broad SMARTS) is 1. The molecule has 4 nitrogen and oxygen atoms in total. The largest absolute Gasteiger partial charge is 0.480 e. The minimum atomic E-state index is -0.941. The number of carbonyl (C=O) groups excluding carboxylic acids is 1. The molecular weight excluding hydrogens is 361 g/mol. The summed E-state index contributed by atoms with van der Waals surface area (Å²) in [7, 11) is 0. The lowest BCUT2D eigenvalue weighted by Gasteiger charge is -2.58. The summed E-state index contributed by atoms with van der Waals surface area (Å²) in [5.41, 5.74) is -0.00741. The number of nitrogens with one attached hydrogen (secondary N) is 1. The van der Waals surface area contributed by atoms with Gasteiger partial charge in [-0.1, -0.05) is 23.2 Å². The summed E-state index contributed by atoms with van der Waals surface area (Å²) in [4.78, 5) is 24.7. The number of rotatable bonds is 4.